The molecule has 17 heavy (non-hydrogen) atoms. The summed E-state index contributed by atoms with van der Waals surface area (Å²) >= 11 is 0. The van der Waals surface area contributed by atoms with Gasteiger partial charge in [0.05, 0.1) is 11.4 Å². The average Bonchev–Trinajstić information content (AvgIpc) is 2.85. The minimum absolute atomic E-state index is 0.147. The van der Waals surface area contributed by atoms with Crippen LogP contribution in [0, 0.1) is 5.41 Å². The molecule has 2 atom stereocenters. The highest BCUT2D eigenvalue weighted by Crippen LogP contribution is 2.66. The Kier molecular flexibility index (Phi) is 1.39. The van der Waals surface area contributed by atoms with Crippen molar-refractivity contribution in [2.75, 3.05) is 0 Å². The molecule has 0 spiro atoms. The molecule has 2 aliphatic rings. The number of nitrogens with zero attached hydrogens (tertiary/aromatic N) is 5. The maximum absolute atomic E-state index is 4.69. The van der Waals surface area contributed by atoms with Gasteiger partial charge in [-0.05, 0) is 18.3 Å². The van der Waals surface area contributed by atoms with Gasteiger partial charge in [0.15, 0.2) is 0 Å². The van der Waals surface area contributed by atoms with Crippen LogP contribution in [0.15, 0.2) is 6.33 Å². The summed E-state index contributed by atoms with van der Waals surface area (Å²) in [5.41, 5.74) is 2.68. The van der Waals surface area contributed by atoms with Gasteiger partial charge in [0.1, 0.15) is 6.33 Å². The lowest BCUT2D eigenvalue weighted by Crippen LogP contribution is -2.32. The van der Waals surface area contributed by atoms with E-state index in [0.717, 1.165) is 11.4 Å². The third-order valence-electron chi connectivity index (χ3n) is 5.25. The topological polar surface area (TPSA) is 56.0 Å². The average molecular weight is 229 g/mol. The van der Waals surface area contributed by atoms with Crippen molar-refractivity contribution in [3.63, 3.8) is 0 Å². The molecular weight excluding hydrogens is 214 g/mol. The molecule has 5 heteroatoms. The molecule has 1 saturated carbocycles. The van der Waals surface area contributed by atoms with Crippen molar-refractivity contribution in [3.05, 3.63) is 17.7 Å². The van der Waals surface area contributed by atoms with Crippen LogP contribution in [0.1, 0.15) is 50.9 Å². The zero-order valence-corrected chi connectivity index (χ0v) is 10.3. The normalized spacial score (nSPS) is 33.2. The van der Waals surface area contributed by atoms with Gasteiger partial charge in [0, 0.05) is 11.3 Å². The first-order valence-corrected chi connectivity index (χ1v) is 6.12. The van der Waals surface area contributed by atoms with Gasteiger partial charge >= 0.3 is 0 Å². The molecule has 2 aliphatic carbocycles. The fourth-order valence-electron chi connectivity index (χ4n) is 3.72. The Morgan fingerprint density at radius 3 is 3.00 bits per heavy atom. The molecule has 0 amide bonds. The summed E-state index contributed by atoms with van der Waals surface area (Å²) in [7, 11) is 0. The molecule has 1 fully saturated rings. The Morgan fingerprint density at radius 2 is 2.18 bits per heavy atom. The van der Waals surface area contributed by atoms with Gasteiger partial charge in [-0.25, -0.2) is 4.98 Å². The largest absolute Gasteiger partial charge is 0.270 e. The van der Waals surface area contributed by atoms with Crippen LogP contribution < -0.4 is 0 Å². The van der Waals surface area contributed by atoms with E-state index in [1.807, 2.05) is 0 Å². The highest BCUT2D eigenvalue weighted by Gasteiger charge is 2.61. The molecule has 0 saturated heterocycles. The molecule has 5 nitrogen and oxygen atoms in total. The third-order valence-corrected chi connectivity index (χ3v) is 5.25. The summed E-state index contributed by atoms with van der Waals surface area (Å²) in [4.78, 5) is 8.83. The molecule has 2 aromatic rings. The van der Waals surface area contributed by atoms with Gasteiger partial charge in [-0.15, -0.1) is 14.8 Å². The highest BCUT2D eigenvalue weighted by molar-refractivity contribution is 5.43. The summed E-state index contributed by atoms with van der Waals surface area (Å²) in [6.45, 7) is 6.99. The molecule has 2 aromatic heterocycles. The first-order chi connectivity index (χ1) is 8.04. The van der Waals surface area contributed by atoms with Gasteiger partial charge < -0.3 is 0 Å². The quantitative estimate of drug-likeness (QED) is 0.690. The minimum atomic E-state index is 0.147. The van der Waals surface area contributed by atoms with Gasteiger partial charge in [-0.2, -0.15) is 4.98 Å². The zero-order chi connectivity index (χ0) is 11.8. The van der Waals surface area contributed by atoms with Crippen molar-refractivity contribution >= 4 is 5.78 Å². The number of rotatable bonds is 0. The monoisotopic (exact) mass is 229 g/mol. The van der Waals surface area contributed by atoms with E-state index in [1.165, 1.54) is 19.2 Å². The summed E-state index contributed by atoms with van der Waals surface area (Å²) < 4.78 is 1.55. The van der Waals surface area contributed by atoms with E-state index in [0.29, 0.717) is 11.7 Å². The van der Waals surface area contributed by atoms with E-state index in [-0.39, 0.29) is 10.8 Å². The van der Waals surface area contributed by atoms with Crippen LogP contribution in [0.4, 0.5) is 0 Å². The lowest BCUT2D eigenvalue weighted by molar-refractivity contribution is 0.227. The third kappa shape index (κ3) is 0.851. The van der Waals surface area contributed by atoms with E-state index < -0.39 is 0 Å². The highest BCUT2D eigenvalue weighted by atomic mass is 15.5. The standard InChI is InChI=1S/C12H15N5/c1-11(2)7-4-5-12(11,3)9-8(7)16-17-10(15-9)13-6-14-17/h6-7H,4-5H2,1-3H3/t7-,12+/m1/s1. The summed E-state index contributed by atoms with van der Waals surface area (Å²) in [5.74, 6) is 1.14. The van der Waals surface area contributed by atoms with Crippen LogP contribution in [0.25, 0.3) is 5.78 Å². The summed E-state index contributed by atoms with van der Waals surface area (Å²) in [5, 5.41) is 8.70. The van der Waals surface area contributed by atoms with Gasteiger partial charge in [0.2, 0.25) is 0 Å². The smallest absolute Gasteiger partial charge is 0.212 e. The Bertz CT molecular complexity index is 629. The van der Waals surface area contributed by atoms with Gasteiger partial charge in [-0.3, -0.25) is 0 Å². The first kappa shape index (κ1) is 9.50. The van der Waals surface area contributed by atoms with Crippen LogP contribution >= 0.6 is 0 Å². The van der Waals surface area contributed by atoms with Crippen molar-refractivity contribution in [2.24, 2.45) is 5.41 Å². The maximum atomic E-state index is 4.69. The molecule has 0 unspecified atom stereocenters. The van der Waals surface area contributed by atoms with Crippen molar-refractivity contribution in [1.82, 2.24) is 24.8 Å². The molecule has 88 valence electrons. The van der Waals surface area contributed by atoms with E-state index in [9.17, 15) is 0 Å². The Morgan fingerprint density at radius 1 is 1.35 bits per heavy atom. The number of hydrogen-bond donors (Lipinski definition) is 0. The van der Waals surface area contributed by atoms with Crippen LogP contribution in [0.3, 0.4) is 0 Å². The van der Waals surface area contributed by atoms with E-state index in [2.05, 4.69) is 36.0 Å². The van der Waals surface area contributed by atoms with Crippen LogP contribution in [0.5, 0.6) is 0 Å². The van der Waals surface area contributed by atoms with E-state index >= 15 is 0 Å². The Labute approximate surface area is 99.3 Å². The fraction of sp³-hybridized carbons (Fsp3) is 0.667. The van der Waals surface area contributed by atoms with Gasteiger partial charge in [0.25, 0.3) is 5.78 Å². The molecule has 0 N–H and O–H groups in total. The van der Waals surface area contributed by atoms with Crippen molar-refractivity contribution in [3.8, 4) is 0 Å². The number of hydrogen-bond acceptors (Lipinski definition) is 4. The van der Waals surface area contributed by atoms with E-state index in [1.54, 1.807) is 4.63 Å². The predicted octanol–water partition coefficient (Wildman–Crippen LogP) is 1.69. The molecule has 0 radical (unpaired) electrons. The van der Waals surface area contributed by atoms with Crippen molar-refractivity contribution in [2.45, 2.75) is 44.9 Å². The molecule has 2 bridgehead atoms. The Hall–Kier alpha value is -1.52. The lowest BCUT2D eigenvalue weighted by Gasteiger charge is -2.33. The van der Waals surface area contributed by atoms with Crippen LogP contribution in [-0.2, 0) is 5.41 Å². The van der Waals surface area contributed by atoms with Crippen molar-refractivity contribution in [1.29, 1.82) is 0 Å². The second-order valence-electron chi connectivity index (χ2n) is 6.04. The second kappa shape index (κ2) is 2.49. The Balaban J connectivity index is 2.09. The zero-order valence-electron chi connectivity index (χ0n) is 10.3. The number of aromatic nitrogens is 5. The van der Waals surface area contributed by atoms with Gasteiger partial charge in [-0.1, -0.05) is 20.8 Å². The van der Waals surface area contributed by atoms with Crippen molar-refractivity contribution < 1.29 is 0 Å². The summed E-state index contributed by atoms with van der Waals surface area (Å²) in [6.07, 6.45) is 3.93. The van der Waals surface area contributed by atoms with E-state index in [4.69, 9.17) is 4.98 Å². The second-order valence-corrected chi connectivity index (χ2v) is 6.04. The maximum Gasteiger partial charge on any atom is 0.270 e. The number of fused-ring (bicyclic) bond motifs is 6. The summed E-state index contributed by atoms with van der Waals surface area (Å²) in [6, 6.07) is 0. The minimum Gasteiger partial charge on any atom is -0.212 e. The molecule has 4 rings (SSSR count). The molecular formula is C12H15N5. The SMILES string of the molecule is CC1(C)[C@@H]2CC[C@@]1(C)c1nc3ncnn3nc12. The molecule has 0 aromatic carbocycles. The lowest BCUT2D eigenvalue weighted by atomic mass is 9.70. The van der Waals surface area contributed by atoms with Crippen LogP contribution in [0.2, 0.25) is 0 Å². The molecule has 2 heterocycles. The fourth-order valence-corrected chi connectivity index (χ4v) is 3.72. The predicted molar refractivity (Wildman–Crippen MR) is 61.7 cm³/mol. The first-order valence-electron chi connectivity index (χ1n) is 6.12. The van der Waals surface area contributed by atoms with Crippen LogP contribution in [-0.4, -0.2) is 24.8 Å². The molecule has 0 aliphatic heterocycles.